The van der Waals surface area contributed by atoms with E-state index in [1.807, 2.05) is 51.1 Å². The summed E-state index contributed by atoms with van der Waals surface area (Å²) in [6, 6.07) is 9.96. The Morgan fingerprint density at radius 3 is 2.70 bits per heavy atom. The van der Waals surface area contributed by atoms with Gasteiger partial charge in [0.25, 0.3) is 0 Å². The molecule has 0 spiro atoms. The molecule has 0 radical (unpaired) electrons. The lowest BCUT2D eigenvalue weighted by atomic mass is 10.2. The highest BCUT2D eigenvalue weighted by Gasteiger charge is 2.30. The van der Waals surface area contributed by atoms with Crippen LogP contribution in [0.15, 0.2) is 30.3 Å². The number of rotatable bonds is 4. The second-order valence-electron chi connectivity index (χ2n) is 6.71. The molecular formula is C18H27NO4. The van der Waals surface area contributed by atoms with E-state index in [0.717, 1.165) is 18.4 Å². The summed E-state index contributed by atoms with van der Waals surface area (Å²) in [6.07, 6.45) is 1.12. The van der Waals surface area contributed by atoms with Gasteiger partial charge in [0.1, 0.15) is 5.60 Å². The van der Waals surface area contributed by atoms with Gasteiger partial charge >= 0.3 is 6.09 Å². The zero-order valence-corrected chi connectivity index (χ0v) is 14.3. The Bertz CT molecular complexity index is 484. The van der Waals surface area contributed by atoms with Crippen LogP contribution < -0.4 is 0 Å². The van der Waals surface area contributed by atoms with Gasteiger partial charge in [-0.3, -0.25) is 4.90 Å². The van der Waals surface area contributed by atoms with E-state index in [1.165, 1.54) is 0 Å². The molecular weight excluding hydrogens is 294 g/mol. The summed E-state index contributed by atoms with van der Waals surface area (Å²) in [7, 11) is 0. The highest BCUT2D eigenvalue weighted by Crippen LogP contribution is 2.17. The molecule has 1 aromatic carbocycles. The molecule has 0 N–H and O–H groups in total. The Balaban J connectivity index is 1.91. The molecule has 5 heteroatoms. The first kappa shape index (κ1) is 17.8. The van der Waals surface area contributed by atoms with Crippen molar-refractivity contribution >= 4 is 6.09 Å². The summed E-state index contributed by atoms with van der Waals surface area (Å²) in [5.74, 6) is 0. The van der Waals surface area contributed by atoms with E-state index in [9.17, 15) is 4.79 Å². The molecule has 0 unspecified atom stereocenters. The fourth-order valence-corrected chi connectivity index (χ4v) is 2.36. The quantitative estimate of drug-likeness (QED) is 0.850. The van der Waals surface area contributed by atoms with Crippen LogP contribution in [0.2, 0.25) is 0 Å². The molecule has 1 heterocycles. The summed E-state index contributed by atoms with van der Waals surface area (Å²) in [4.78, 5) is 14.0. The number of hydrogen-bond donors (Lipinski definition) is 0. The van der Waals surface area contributed by atoms with Crippen molar-refractivity contribution in [2.45, 2.75) is 52.0 Å². The van der Waals surface area contributed by atoms with Gasteiger partial charge in [-0.25, -0.2) is 4.79 Å². The lowest BCUT2D eigenvalue weighted by Crippen LogP contribution is -2.46. The predicted octanol–water partition coefficient (Wildman–Crippen LogP) is 3.58. The zero-order chi connectivity index (χ0) is 16.7. The number of hydrogen-bond acceptors (Lipinski definition) is 4. The van der Waals surface area contributed by atoms with Crippen LogP contribution in [-0.2, 0) is 20.8 Å². The molecule has 1 fully saturated rings. The lowest BCUT2D eigenvalue weighted by molar-refractivity contribution is -0.0945. The summed E-state index contributed by atoms with van der Waals surface area (Å²) in [5, 5.41) is 0. The summed E-state index contributed by atoms with van der Waals surface area (Å²) in [5.41, 5.74) is 0.587. The Hall–Kier alpha value is -1.59. The van der Waals surface area contributed by atoms with E-state index in [1.54, 1.807) is 4.90 Å². The molecule has 0 aromatic heterocycles. The van der Waals surface area contributed by atoms with E-state index in [-0.39, 0.29) is 6.09 Å². The van der Waals surface area contributed by atoms with Gasteiger partial charge in [0.05, 0.1) is 13.2 Å². The van der Waals surface area contributed by atoms with Gasteiger partial charge in [-0.15, -0.1) is 0 Å². The van der Waals surface area contributed by atoms with Crippen molar-refractivity contribution in [2.24, 2.45) is 0 Å². The molecule has 0 bridgehead atoms. The maximum absolute atomic E-state index is 12.4. The first-order chi connectivity index (χ1) is 11.0. The molecule has 1 aromatic rings. The van der Waals surface area contributed by atoms with Gasteiger partial charge in [-0.2, -0.15) is 0 Å². The molecule has 1 aliphatic rings. The van der Waals surface area contributed by atoms with Crippen LogP contribution in [0.3, 0.4) is 0 Å². The molecule has 1 atom stereocenters. The molecule has 0 saturated carbocycles. The van der Waals surface area contributed by atoms with Gasteiger partial charge < -0.3 is 14.2 Å². The van der Waals surface area contributed by atoms with Crippen LogP contribution in [0, 0.1) is 0 Å². The van der Waals surface area contributed by atoms with E-state index < -0.39 is 11.8 Å². The standard InChI is InChI=1S/C18H27NO4/c1-18(2,3)23-17(20)19-11-7-8-12-22-16(19)14-21-13-15-9-5-4-6-10-15/h4-6,9-10,16H,7-8,11-14H2,1-3H3/t16-/m1/s1. The lowest BCUT2D eigenvalue weighted by Gasteiger charge is -2.31. The third kappa shape index (κ3) is 6.20. The average molecular weight is 321 g/mol. The number of ether oxygens (including phenoxy) is 3. The second kappa shape index (κ2) is 8.31. The minimum Gasteiger partial charge on any atom is -0.444 e. The van der Waals surface area contributed by atoms with Crippen molar-refractivity contribution in [3.8, 4) is 0 Å². The molecule has 1 amide bonds. The predicted molar refractivity (Wildman–Crippen MR) is 88.0 cm³/mol. The second-order valence-corrected chi connectivity index (χ2v) is 6.71. The van der Waals surface area contributed by atoms with Gasteiger partial charge in [-0.05, 0) is 39.2 Å². The molecule has 1 saturated heterocycles. The normalized spacial score (nSPS) is 19.3. The van der Waals surface area contributed by atoms with Gasteiger partial charge in [0.15, 0.2) is 6.23 Å². The molecule has 23 heavy (non-hydrogen) atoms. The van der Waals surface area contributed by atoms with E-state index in [4.69, 9.17) is 14.2 Å². The number of carbonyl (C=O) groups excluding carboxylic acids is 1. The molecule has 2 rings (SSSR count). The number of nitrogens with zero attached hydrogens (tertiary/aromatic N) is 1. The maximum atomic E-state index is 12.4. The van der Waals surface area contributed by atoms with Crippen LogP contribution in [0.1, 0.15) is 39.2 Å². The van der Waals surface area contributed by atoms with Crippen LogP contribution in [0.25, 0.3) is 0 Å². The maximum Gasteiger partial charge on any atom is 0.412 e. The number of benzene rings is 1. The Kier molecular flexibility index (Phi) is 6.42. The van der Waals surface area contributed by atoms with Crippen LogP contribution >= 0.6 is 0 Å². The Morgan fingerprint density at radius 2 is 2.00 bits per heavy atom. The number of carbonyl (C=O) groups is 1. The summed E-state index contributed by atoms with van der Waals surface area (Å²) in [6.45, 7) is 7.71. The topological polar surface area (TPSA) is 48.0 Å². The van der Waals surface area contributed by atoms with Gasteiger partial charge in [-0.1, -0.05) is 30.3 Å². The van der Waals surface area contributed by atoms with Gasteiger partial charge in [0, 0.05) is 13.2 Å². The highest BCUT2D eigenvalue weighted by molar-refractivity contribution is 5.68. The molecule has 0 aliphatic carbocycles. The fourth-order valence-electron chi connectivity index (χ4n) is 2.36. The van der Waals surface area contributed by atoms with Crippen LogP contribution in [0.5, 0.6) is 0 Å². The van der Waals surface area contributed by atoms with Crippen LogP contribution in [0.4, 0.5) is 4.79 Å². The number of amides is 1. The van der Waals surface area contributed by atoms with Gasteiger partial charge in [0.2, 0.25) is 0 Å². The van der Waals surface area contributed by atoms with E-state index in [0.29, 0.717) is 26.4 Å². The Morgan fingerprint density at radius 1 is 1.26 bits per heavy atom. The molecule has 128 valence electrons. The third-order valence-electron chi connectivity index (χ3n) is 3.45. The van der Waals surface area contributed by atoms with Crippen molar-refractivity contribution in [2.75, 3.05) is 19.8 Å². The molecule has 1 aliphatic heterocycles. The first-order valence-electron chi connectivity index (χ1n) is 8.18. The Labute approximate surface area is 138 Å². The summed E-state index contributed by atoms with van der Waals surface area (Å²) >= 11 is 0. The van der Waals surface area contributed by atoms with Crippen molar-refractivity contribution < 1.29 is 19.0 Å². The largest absolute Gasteiger partial charge is 0.444 e. The van der Waals surface area contributed by atoms with E-state index in [2.05, 4.69) is 0 Å². The van der Waals surface area contributed by atoms with E-state index >= 15 is 0 Å². The smallest absolute Gasteiger partial charge is 0.412 e. The highest BCUT2D eigenvalue weighted by atomic mass is 16.6. The monoisotopic (exact) mass is 321 g/mol. The first-order valence-corrected chi connectivity index (χ1v) is 8.18. The van der Waals surface area contributed by atoms with Crippen molar-refractivity contribution in [1.82, 2.24) is 4.90 Å². The zero-order valence-electron chi connectivity index (χ0n) is 14.3. The fraction of sp³-hybridized carbons (Fsp3) is 0.611. The average Bonchev–Trinajstić information content (AvgIpc) is 2.72. The van der Waals surface area contributed by atoms with Crippen molar-refractivity contribution in [1.29, 1.82) is 0 Å². The summed E-state index contributed by atoms with van der Waals surface area (Å²) < 4.78 is 17.0. The SMILES string of the molecule is CC(C)(C)OC(=O)N1CCCCO[C@@H]1COCc1ccccc1. The van der Waals surface area contributed by atoms with Crippen molar-refractivity contribution in [3.63, 3.8) is 0 Å². The van der Waals surface area contributed by atoms with Crippen molar-refractivity contribution in [3.05, 3.63) is 35.9 Å². The van der Waals surface area contributed by atoms with Crippen LogP contribution in [-0.4, -0.2) is 42.6 Å². The third-order valence-corrected chi connectivity index (χ3v) is 3.45. The minimum atomic E-state index is -0.515. The molecule has 5 nitrogen and oxygen atoms in total. The minimum absolute atomic E-state index is 0.340.